The number of hydrogen-bond acceptors (Lipinski definition) is 3. The number of nitrogen functional groups attached to an aromatic ring is 1. The van der Waals surface area contributed by atoms with Gasteiger partial charge in [-0.1, -0.05) is 12.1 Å². The summed E-state index contributed by atoms with van der Waals surface area (Å²) in [5, 5.41) is 4.12. The summed E-state index contributed by atoms with van der Waals surface area (Å²) >= 11 is 1.66. The van der Waals surface area contributed by atoms with E-state index in [1.54, 1.807) is 11.3 Å². The van der Waals surface area contributed by atoms with E-state index in [0.717, 1.165) is 35.2 Å². The van der Waals surface area contributed by atoms with Gasteiger partial charge < -0.3 is 5.73 Å². The van der Waals surface area contributed by atoms with Crippen LogP contribution in [0.5, 0.6) is 0 Å². The van der Waals surface area contributed by atoms with Crippen molar-refractivity contribution >= 4 is 28.0 Å². The van der Waals surface area contributed by atoms with Gasteiger partial charge in [-0.2, -0.15) is 11.3 Å². The summed E-state index contributed by atoms with van der Waals surface area (Å²) in [4.78, 5) is 0. The molecular formula is C14H16N2OS2. The molecule has 0 amide bonds. The van der Waals surface area contributed by atoms with Crippen molar-refractivity contribution in [2.24, 2.45) is 0 Å². The maximum atomic E-state index is 11.8. The van der Waals surface area contributed by atoms with Gasteiger partial charge in [0.2, 0.25) is 0 Å². The highest BCUT2D eigenvalue weighted by Gasteiger charge is 2.22. The van der Waals surface area contributed by atoms with E-state index >= 15 is 0 Å². The van der Waals surface area contributed by atoms with Crippen molar-refractivity contribution in [3.63, 3.8) is 0 Å². The molecule has 1 aliphatic rings. The minimum atomic E-state index is -0.994. The highest BCUT2D eigenvalue weighted by molar-refractivity contribution is 7.82. The molecule has 1 fully saturated rings. The largest absolute Gasteiger partial charge is 0.398 e. The van der Waals surface area contributed by atoms with Crippen LogP contribution >= 0.6 is 11.3 Å². The molecular weight excluding hydrogens is 276 g/mol. The van der Waals surface area contributed by atoms with Crippen LogP contribution in [0.15, 0.2) is 35.0 Å². The van der Waals surface area contributed by atoms with E-state index in [9.17, 15) is 4.21 Å². The zero-order valence-corrected chi connectivity index (χ0v) is 12.1. The van der Waals surface area contributed by atoms with Crippen molar-refractivity contribution in [2.45, 2.75) is 24.6 Å². The Labute approximate surface area is 119 Å². The summed E-state index contributed by atoms with van der Waals surface area (Å²) in [6, 6.07) is 8.47. The Morgan fingerprint density at radius 3 is 2.84 bits per heavy atom. The molecule has 1 unspecified atom stereocenters. The van der Waals surface area contributed by atoms with Crippen LogP contribution in [-0.2, 0) is 16.7 Å². The first-order valence-corrected chi connectivity index (χ1v) is 8.54. The predicted molar refractivity (Wildman–Crippen MR) is 82.2 cm³/mol. The molecule has 1 heterocycles. The fourth-order valence-electron chi connectivity index (χ4n) is 1.96. The molecule has 0 spiro atoms. The molecule has 0 aliphatic heterocycles. The number of rotatable bonds is 5. The topological polar surface area (TPSA) is 55.1 Å². The summed E-state index contributed by atoms with van der Waals surface area (Å²) in [7, 11) is -0.994. The summed E-state index contributed by atoms with van der Waals surface area (Å²) in [5.41, 5.74) is 10.0. The predicted octanol–water partition coefficient (Wildman–Crippen LogP) is 2.91. The molecule has 0 radical (unpaired) electrons. The number of thiophene rings is 1. The van der Waals surface area contributed by atoms with Crippen molar-refractivity contribution < 1.29 is 4.21 Å². The first kappa shape index (κ1) is 12.8. The lowest BCUT2D eigenvalue weighted by Crippen LogP contribution is -2.20. The molecule has 1 aromatic carbocycles. The van der Waals surface area contributed by atoms with E-state index in [-0.39, 0.29) is 0 Å². The smallest absolute Gasteiger partial charge is 0.0963 e. The van der Waals surface area contributed by atoms with Crippen molar-refractivity contribution in [2.75, 3.05) is 5.73 Å². The maximum Gasteiger partial charge on any atom is 0.0963 e. The highest BCUT2D eigenvalue weighted by atomic mass is 32.2. The second-order valence-electron chi connectivity index (χ2n) is 4.82. The summed E-state index contributed by atoms with van der Waals surface area (Å²) in [6.45, 7) is 0. The lowest BCUT2D eigenvalue weighted by Gasteiger charge is -2.08. The van der Waals surface area contributed by atoms with Gasteiger partial charge in [0.05, 0.1) is 16.7 Å². The van der Waals surface area contributed by atoms with Gasteiger partial charge in [0.1, 0.15) is 0 Å². The number of anilines is 1. The zero-order chi connectivity index (χ0) is 13.2. The van der Waals surface area contributed by atoms with E-state index in [1.807, 2.05) is 23.6 Å². The van der Waals surface area contributed by atoms with Crippen LogP contribution in [-0.4, -0.2) is 10.3 Å². The Morgan fingerprint density at radius 1 is 1.37 bits per heavy atom. The number of hydrogen-bond donors (Lipinski definition) is 2. The lowest BCUT2D eigenvalue weighted by atomic mass is 10.1. The van der Waals surface area contributed by atoms with E-state index < -0.39 is 11.0 Å². The van der Waals surface area contributed by atoms with Gasteiger partial charge in [-0.3, -0.25) is 0 Å². The average Bonchev–Trinajstić information content (AvgIpc) is 3.02. The molecule has 0 saturated heterocycles. The Balaban J connectivity index is 1.73. The lowest BCUT2D eigenvalue weighted by molar-refractivity contribution is 0.671. The van der Waals surface area contributed by atoms with Gasteiger partial charge in [0.25, 0.3) is 0 Å². The molecule has 3 N–H and O–H groups in total. The van der Waals surface area contributed by atoms with E-state index in [0.29, 0.717) is 11.8 Å². The van der Waals surface area contributed by atoms with Gasteiger partial charge in [0, 0.05) is 17.3 Å². The quantitative estimate of drug-likeness (QED) is 0.833. The van der Waals surface area contributed by atoms with E-state index in [2.05, 4.69) is 16.2 Å². The van der Waals surface area contributed by atoms with Crippen LogP contribution in [0.4, 0.5) is 5.69 Å². The zero-order valence-electron chi connectivity index (χ0n) is 10.5. The van der Waals surface area contributed by atoms with Gasteiger partial charge in [-0.05, 0) is 46.9 Å². The summed E-state index contributed by atoms with van der Waals surface area (Å²) in [6.07, 6.45) is 2.29. The molecule has 3 rings (SSSR count). The molecule has 5 heteroatoms. The third-order valence-electron chi connectivity index (χ3n) is 3.12. The Morgan fingerprint density at radius 2 is 2.21 bits per heavy atom. The van der Waals surface area contributed by atoms with Crippen LogP contribution in [0.25, 0.3) is 11.1 Å². The fraction of sp³-hybridized carbons (Fsp3) is 0.286. The highest BCUT2D eigenvalue weighted by Crippen LogP contribution is 2.29. The van der Waals surface area contributed by atoms with Crippen LogP contribution in [0.1, 0.15) is 18.4 Å². The van der Waals surface area contributed by atoms with Crippen molar-refractivity contribution in [1.29, 1.82) is 0 Å². The first-order chi connectivity index (χ1) is 9.22. The molecule has 1 atom stereocenters. The number of benzene rings is 1. The van der Waals surface area contributed by atoms with Crippen LogP contribution in [0.3, 0.4) is 0 Å². The second kappa shape index (κ2) is 5.45. The minimum Gasteiger partial charge on any atom is -0.398 e. The normalized spacial score (nSPS) is 16.4. The molecule has 1 aliphatic carbocycles. The Bertz CT molecular complexity index is 591. The number of nitrogens with one attached hydrogen (secondary N) is 1. The van der Waals surface area contributed by atoms with Gasteiger partial charge in [-0.25, -0.2) is 8.93 Å². The van der Waals surface area contributed by atoms with E-state index in [4.69, 9.17) is 5.73 Å². The van der Waals surface area contributed by atoms with Gasteiger partial charge in [-0.15, -0.1) is 0 Å². The van der Waals surface area contributed by atoms with Crippen LogP contribution < -0.4 is 10.5 Å². The van der Waals surface area contributed by atoms with E-state index in [1.165, 1.54) is 0 Å². The summed E-state index contributed by atoms with van der Waals surface area (Å²) < 4.78 is 14.9. The third-order valence-corrected chi connectivity index (χ3v) is 5.00. The van der Waals surface area contributed by atoms with Crippen LogP contribution in [0.2, 0.25) is 0 Å². The van der Waals surface area contributed by atoms with Gasteiger partial charge >= 0.3 is 0 Å². The second-order valence-corrected chi connectivity index (χ2v) is 6.81. The molecule has 19 heavy (non-hydrogen) atoms. The molecule has 1 saturated carbocycles. The van der Waals surface area contributed by atoms with Crippen molar-refractivity contribution in [3.05, 3.63) is 40.6 Å². The minimum absolute atomic E-state index is 0.461. The number of nitrogens with two attached hydrogens (primary N) is 1. The standard InChI is InChI=1S/C14H16N2OS2/c15-14-7-10(9-19(17)16-12-2-3-12)1-4-13(14)11-5-6-18-8-11/h1,4-8,12,16H,2-3,9,15H2. The molecule has 2 aromatic rings. The molecule has 0 bridgehead atoms. The van der Waals surface area contributed by atoms with Crippen molar-refractivity contribution in [3.8, 4) is 11.1 Å². The third kappa shape index (κ3) is 3.23. The maximum absolute atomic E-state index is 11.8. The summed E-state index contributed by atoms with van der Waals surface area (Å²) in [5.74, 6) is 0.518. The van der Waals surface area contributed by atoms with Crippen LogP contribution in [0, 0.1) is 0 Å². The average molecular weight is 292 g/mol. The van der Waals surface area contributed by atoms with Gasteiger partial charge in [0.15, 0.2) is 0 Å². The fourth-order valence-corrected chi connectivity index (χ4v) is 3.79. The Kier molecular flexibility index (Phi) is 3.68. The Hall–Kier alpha value is -1.17. The molecule has 3 nitrogen and oxygen atoms in total. The SMILES string of the molecule is Nc1cc(CS(=O)NC2CC2)ccc1-c1ccsc1. The first-order valence-electron chi connectivity index (χ1n) is 6.28. The molecule has 100 valence electrons. The molecule has 1 aromatic heterocycles. The monoisotopic (exact) mass is 292 g/mol. The van der Waals surface area contributed by atoms with Crippen molar-refractivity contribution in [1.82, 2.24) is 4.72 Å².